The highest BCUT2D eigenvalue weighted by molar-refractivity contribution is 4.77. The predicted octanol–water partition coefficient (Wildman–Crippen LogP) is -1.60. The molecule has 2 unspecified atom stereocenters. The Morgan fingerprint density at radius 2 is 2.11 bits per heavy atom. The lowest BCUT2D eigenvalue weighted by Gasteiger charge is -2.25. The van der Waals surface area contributed by atoms with Gasteiger partial charge in [-0.25, -0.2) is 0 Å². The Morgan fingerprint density at radius 3 is 2.22 bits per heavy atom. The van der Waals surface area contributed by atoms with Gasteiger partial charge < -0.3 is 21.1 Å². The molecule has 0 radical (unpaired) electrons. The van der Waals surface area contributed by atoms with Crippen LogP contribution in [0.25, 0.3) is 0 Å². The highest BCUT2D eigenvalue weighted by atomic mass is 16.4. The van der Waals surface area contributed by atoms with Gasteiger partial charge in [-0.2, -0.15) is 0 Å². The third-order valence-corrected chi connectivity index (χ3v) is 1.32. The predicted molar refractivity (Wildman–Crippen MR) is 32.5 cm³/mol. The second-order valence-electron chi connectivity index (χ2n) is 2.04. The molecule has 0 aliphatic heterocycles. The van der Waals surface area contributed by atoms with Crippen molar-refractivity contribution in [3.63, 3.8) is 0 Å². The van der Waals surface area contributed by atoms with E-state index in [1.54, 1.807) is 6.92 Å². The van der Waals surface area contributed by atoms with E-state index in [-0.39, 0.29) is 6.42 Å². The minimum atomic E-state index is -1.64. The molecule has 0 aliphatic rings. The lowest BCUT2D eigenvalue weighted by atomic mass is 10.1. The number of rotatable bonds is 3. The summed E-state index contributed by atoms with van der Waals surface area (Å²) >= 11 is 0. The molecule has 2 atom stereocenters. The molecule has 4 heteroatoms. The van der Waals surface area contributed by atoms with Crippen LogP contribution >= 0.6 is 0 Å². The largest absolute Gasteiger partial charge is 0.394 e. The highest BCUT2D eigenvalue weighted by Crippen LogP contribution is 2.06. The van der Waals surface area contributed by atoms with Crippen molar-refractivity contribution in [3.05, 3.63) is 0 Å². The molecule has 0 aromatic heterocycles. The standard InChI is InChI=1S/C5H13NO3/c1-2-5(6,9)4(8)3-7/h4,7-9H,2-3,6H2,1H3. The number of hydrogen-bond acceptors (Lipinski definition) is 4. The van der Waals surface area contributed by atoms with Gasteiger partial charge in [0.2, 0.25) is 0 Å². The van der Waals surface area contributed by atoms with Crippen LogP contribution in [-0.2, 0) is 0 Å². The van der Waals surface area contributed by atoms with Crippen LogP contribution in [0.1, 0.15) is 13.3 Å². The van der Waals surface area contributed by atoms with Gasteiger partial charge >= 0.3 is 0 Å². The van der Waals surface area contributed by atoms with E-state index >= 15 is 0 Å². The van der Waals surface area contributed by atoms with Gasteiger partial charge in [-0.3, -0.25) is 0 Å². The molecule has 0 aromatic rings. The van der Waals surface area contributed by atoms with Gasteiger partial charge in [-0.05, 0) is 6.42 Å². The first-order valence-electron chi connectivity index (χ1n) is 2.84. The van der Waals surface area contributed by atoms with E-state index in [0.29, 0.717) is 0 Å². The van der Waals surface area contributed by atoms with E-state index in [1.807, 2.05) is 0 Å². The Labute approximate surface area is 53.9 Å². The molecule has 0 bridgehead atoms. The van der Waals surface area contributed by atoms with Crippen molar-refractivity contribution >= 4 is 0 Å². The van der Waals surface area contributed by atoms with Crippen LogP contribution in [0, 0.1) is 0 Å². The topological polar surface area (TPSA) is 86.7 Å². The zero-order valence-corrected chi connectivity index (χ0v) is 5.41. The van der Waals surface area contributed by atoms with Crippen LogP contribution in [0.3, 0.4) is 0 Å². The molecular weight excluding hydrogens is 122 g/mol. The molecule has 0 aromatic carbocycles. The second kappa shape index (κ2) is 3.12. The first-order valence-corrected chi connectivity index (χ1v) is 2.84. The van der Waals surface area contributed by atoms with E-state index in [9.17, 15) is 0 Å². The van der Waals surface area contributed by atoms with E-state index < -0.39 is 18.4 Å². The Kier molecular flexibility index (Phi) is 3.07. The van der Waals surface area contributed by atoms with Gasteiger partial charge in [0.1, 0.15) is 11.8 Å². The monoisotopic (exact) mass is 135 g/mol. The third-order valence-electron chi connectivity index (χ3n) is 1.32. The Balaban J connectivity index is 3.80. The average Bonchev–Trinajstić information content (AvgIpc) is 1.86. The third kappa shape index (κ3) is 2.28. The number of nitrogens with two attached hydrogens (primary N) is 1. The number of hydrogen-bond donors (Lipinski definition) is 4. The average molecular weight is 135 g/mol. The molecule has 0 rings (SSSR count). The zero-order chi connectivity index (χ0) is 7.49. The summed E-state index contributed by atoms with van der Waals surface area (Å²) in [6, 6.07) is 0. The van der Waals surface area contributed by atoms with E-state index in [0.717, 1.165) is 0 Å². The molecule has 5 N–H and O–H groups in total. The van der Waals surface area contributed by atoms with Crippen molar-refractivity contribution in [3.8, 4) is 0 Å². The van der Waals surface area contributed by atoms with Crippen LogP contribution in [0.15, 0.2) is 0 Å². The van der Waals surface area contributed by atoms with Crippen LogP contribution < -0.4 is 5.73 Å². The van der Waals surface area contributed by atoms with Gasteiger partial charge in [0, 0.05) is 0 Å². The highest BCUT2D eigenvalue weighted by Gasteiger charge is 2.27. The first kappa shape index (κ1) is 8.84. The molecule has 4 nitrogen and oxygen atoms in total. The summed E-state index contributed by atoms with van der Waals surface area (Å²) < 4.78 is 0. The summed E-state index contributed by atoms with van der Waals surface area (Å²) in [5.74, 6) is 0. The van der Waals surface area contributed by atoms with E-state index in [1.165, 1.54) is 0 Å². The molecule has 0 heterocycles. The lowest BCUT2D eigenvalue weighted by Crippen LogP contribution is -2.51. The zero-order valence-electron chi connectivity index (χ0n) is 5.41. The molecule has 9 heavy (non-hydrogen) atoms. The fourth-order valence-corrected chi connectivity index (χ4v) is 0.394. The SMILES string of the molecule is CCC(N)(O)C(O)CO. The van der Waals surface area contributed by atoms with Gasteiger partial charge in [0.05, 0.1) is 6.61 Å². The fourth-order valence-electron chi connectivity index (χ4n) is 0.394. The maximum absolute atomic E-state index is 8.96. The van der Waals surface area contributed by atoms with Crippen molar-refractivity contribution in [1.82, 2.24) is 0 Å². The van der Waals surface area contributed by atoms with Crippen molar-refractivity contribution in [2.24, 2.45) is 5.73 Å². The van der Waals surface area contributed by atoms with Crippen LogP contribution in [0.2, 0.25) is 0 Å². The van der Waals surface area contributed by atoms with Crippen LogP contribution in [0.4, 0.5) is 0 Å². The molecule has 0 fully saturated rings. The van der Waals surface area contributed by atoms with Crippen LogP contribution in [-0.4, -0.2) is 33.8 Å². The fraction of sp³-hybridized carbons (Fsp3) is 1.00. The van der Waals surface area contributed by atoms with Crippen LogP contribution in [0.5, 0.6) is 0 Å². The van der Waals surface area contributed by atoms with Crippen molar-refractivity contribution in [2.45, 2.75) is 25.2 Å². The summed E-state index contributed by atoms with van der Waals surface area (Å²) in [6.07, 6.45) is -1.03. The molecule has 0 aliphatic carbocycles. The number of aliphatic hydroxyl groups is 3. The summed E-state index contributed by atoms with van der Waals surface area (Å²) in [7, 11) is 0. The van der Waals surface area contributed by atoms with Gasteiger partial charge in [0.15, 0.2) is 0 Å². The molecule has 0 amide bonds. The maximum Gasteiger partial charge on any atom is 0.141 e. The van der Waals surface area contributed by atoms with E-state index in [2.05, 4.69) is 0 Å². The second-order valence-corrected chi connectivity index (χ2v) is 2.04. The Morgan fingerprint density at radius 1 is 1.67 bits per heavy atom. The van der Waals surface area contributed by atoms with Gasteiger partial charge in [0.25, 0.3) is 0 Å². The summed E-state index contributed by atoms with van der Waals surface area (Å²) in [6.45, 7) is 1.11. The number of aliphatic hydroxyl groups excluding tert-OH is 2. The summed E-state index contributed by atoms with van der Waals surface area (Å²) in [5, 5.41) is 26.0. The molecule has 0 spiro atoms. The van der Waals surface area contributed by atoms with Crippen molar-refractivity contribution < 1.29 is 15.3 Å². The van der Waals surface area contributed by atoms with Gasteiger partial charge in [-0.1, -0.05) is 6.92 Å². The molecule has 0 saturated carbocycles. The Bertz CT molecular complexity index is 84.3. The van der Waals surface area contributed by atoms with Crippen molar-refractivity contribution in [1.29, 1.82) is 0 Å². The molecular formula is C5H13NO3. The molecule has 56 valence electrons. The minimum absolute atomic E-state index is 0.217. The van der Waals surface area contributed by atoms with E-state index in [4.69, 9.17) is 21.1 Å². The van der Waals surface area contributed by atoms with Gasteiger partial charge in [-0.15, -0.1) is 0 Å². The summed E-state index contributed by atoms with van der Waals surface area (Å²) in [4.78, 5) is 0. The normalized spacial score (nSPS) is 21.0. The lowest BCUT2D eigenvalue weighted by molar-refractivity contribution is -0.0927. The summed E-state index contributed by atoms with van der Waals surface area (Å²) in [5.41, 5.74) is 3.47. The maximum atomic E-state index is 8.96. The molecule has 0 saturated heterocycles. The first-order chi connectivity index (χ1) is 4.04. The quantitative estimate of drug-likeness (QED) is 0.351. The Hall–Kier alpha value is -0.160. The smallest absolute Gasteiger partial charge is 0.141 e. The van der Waals surface area contributed by atoms with Crippen molar-refractivity contribution in [2.75, 3.05) is 6.61 Å². The minimum Gasteiger partial charge on any atom is -0.394 e.